The van der Waals surface area contributed by atoms with Crippen molar-refractivity contribution in [2.24, 2.45) is 7.05 Å². The van der Waals surface area contributed by atoms with Gasteiger partial charge in [0.05, 0.1) is 12.3 Å². The number of rotatable bonds is 5. The van der Waals surface area contributed by atoms with Gasteiger partial charge in [-0.2, -0.15) is 5.10 Å². The fourth-order valence-corrected chi connectivity index (χ4v) is 2.50. The van der Waals surface area contributed by atoms with E-state index < -0.39 is 6.10 Å². The summed E-state index contributed by atoms with van der Waals surface area (Å²) in [5.74, 6) is 0. The maximum atomic E-state index is 10.1. The van der Waals surface area contributed by atoms with Crippen LogP contribution in [0.4, 0.5) is 0 Å². The highest BCUT2D eigenvalue weighted by Gasteiger charge is 2.14. The third-order valence-electron chi connectivity index (χ3n) is 2.76. The van der Waals surface area contributed by atoms with Crippen LogP contribution >= 0.6 is 23.2 Å². The van der Waals surface area contributed by atoms with Gasteiger partial charge in [0.1, 0.15) is 0 Å². The molecule has 0 saturated carbocycles. The number of nitrogens with one attached hydrogen (secondary N) is 1. The van der Waals surface area contributed by atoms with Crippen molar-refractivity contribution in [2.45, 2.75) is 12.6 Å². The molecule has 1 aromatic heterocycles. The Morgan fingerprint density at radius 1 is 1.37 bits per heavy atom. The van der Waals surface area contributed by atoms with Crippen LogP contribution in [0.5, 0.6) is 0 Å². The van der Waals surface area contributed by atoms with E-state index >= 15 is 0 Å². The maximum absolute atomic E-state index is 10.1. The van der Waals surface area contributed by atoms with Crippen LogP contribution in [0, 0.1) is 0 Å². The predicted octanol–water partition coefficient (Wildman–Crippen LogP) is 2.55. The molecule has 4 nitrogen and oxygen atoms in total. The van der Waals surface area contributed by atoms with Gasteiger partial charge < -0.3 is 10.4 Å². The molecule has 102 valence electrons. The number of aryl methyl sites for hydroxylation is 1. The van der Waals surface area contributed by atoms with Crippen LogP contribution in [0.25, 0.3) is 0 Å². The molecule has 0 aliphatic carbocycles. The molecule has 19 heavy (non-hydrogen) atoms. The second-order valence-corrected chi connectivity index (χ2v) is 5.12. The van der Waals surface area contributed by atoms with Crippen LogP contribution in [0.2, 0.25) is 10.0 Å². The van der Waals surface area contributed by atoms with E-state index in [0.29, 0.717) is 28.7 Å². The van der Waals surface area contributed by atoms with Gasteiger partial charge in [0.2, 0.25) is 0 Å². The molecular weight excluding hydrogens is 285 g/mol. The molecule has 1 aromatic carbocycles. The monoisotopic (exact) mass is 299 g/mol. The summed E-state index contributed by atoms with van der Waals surface area (Å²) < 4.78 is 1.73. The largest absolute Gasteiger partial charge is 0.387 e. The summed E-state index contributed by atoms with van der Waals surface area (Å²) in [6.07, 6.45) is 2.96. The second kappa shape index (κ2) is 6.39. The van der Waals surface area contributed by atoms with Crippen LogP contribution in [0.3, 0.4) is 0 Å². The highest BCUT2D eigenvalue weighted by Crippen LogP contribution is 2.29. The zero-order chi connectivity index (χ0) is 13.8. The van der Waals surface area contributed by atoms with Crippen LogP contribution in [0.1, 0.15) is 17.2 Å². The first kappa shape index (κ1) is 14.3. The molecule has 6 heteroatoms. The number of aliphatic hydroxyl groups is 1. The van der Waals surface area contributed by atoms with Crippen molar-refractivity contribution in [3.8, 4) is 0 Å². The van der Waals surface area contributed by atoms with Gasteiger partial charge >= 0.3 is 0 Å². The molecule has 0 radical (unpaired) electrons. The highest BCUT2D eigenvalue weighted by molar-refractivity contribution is 6.36. The van der Waals surface area contributed by atoms with Gasteiger partial charge in [0, 0.05) is 47.5 Å². The molecule has 1 atom stereocenters. The van der Waals surface area contributed by atoms with Crippen molar-refractivity contribution >= 4 is 23.2 Å². The molecule has 1 heterocycles. The second-order valence-electron chi connectivity index (χ2n) is 4.30. The fraction of sp³-hybridized carbons (Fsp3) is 0.308. The molecule has 2 N–H and O–H groups in total. The summed E-state index contributed by atoms with van der Waals surface area (Å²) in [5, 5.41) is 18.3. The topological polar surface area (TPSA) is 50.1 Å². The van der Waals surface area contributed by atoms with E-state index in [1.165, 1.54) is 0 Å². The quantitative estimate of drug-likeness (QED) is 0.892. The molecule has 2 aromatic rings. The molecule has 0 aliphatic heterocycles. The average Bonchev–Trinajstić information content (AvgIpc) is 2.75. The molecular formula is C13H15Cl2N3O. The van der Waals surface area contributed by atoms with Gasteiger partial charge in [-0.25, -0.2) is 0 Å². The minimum atomic E-state index is -0.738. The van der Waals surface area contributed by atoms with E-state index in [4.69, 9.17) is 23.2 Å². The Kier molecular flexibility index (Phi) is 4.82. The molecule has 0 saturated heterocycles. The van der Waals surface area contributed by atoms with Crippen LogP contribution in [-0.4, -0.2) is 21.4 Å². The maximum Gasteiger partial charge on any atom is 0.0943 e. The van der Waals surface area contributed by atoms with Gasteiger partial charge in [0.25, 0.3) is 0 Å². The van der Waals surface area contributed by atoms with Gasteiger partial charge in [0.15, 0.2) is 0 Å². The Balaban J connectivity index is 1.92. The fourth-order valence-electron chi connectivity index (χ4n) is 1.85. The summed E-state index contributed by atoms with van der Waals surface area (Å²) in [6.45, 7) is 1.01. The minimum absolute atomic E-state index is 0.373. The molecule has 0 aliphatic rings. The highest BCUT2D eigenvalue weighted by atomic mass is 35.5. The van der Waals surface area contributed by atoms with Crippen molar-refractivity contribution in [1.29, 1.82) is 0 Å². The first-order chi connectivity index (χ1) is 9.08. The lowest BCUT2D eigenvalue weighted by molar-refractivity contribution is 0.174. The van der Waals surface area contributed by atoms with E-state index in [1.54, 1.807) is 29.1 Å². The lowest BCUT2D eigenvalue weighted by atomic mass is 10.1. The van der Waals surface area contributed by atoms with E-state index in [9.17, 15) is 5.11 Å². The minimum Gasteiger partial charge on any atom is -0.387 e. The summed E-state index contributed by atoms with van der Waals surface area (Å²) in [7, 11) is 1.86. The molecule has 2 rings (SSSR count). The number of halogens is 2. The van der Waals surface area contributed by atoms with Crippen molar-refractivity contribution in [3.05, 3.63) is 51.8 Å². The summed E-state index contributed by atoms with van der Waals surface area (Å²) in [6, 6.07) is 5.18. The Bertz CT molecular complexity index is 536. The average molecular weight is 300 g/mol. The van der Waals surface area contributed by atoms with E-state index in [-0.39, 0.29) is 0 Å². The Hall–Kier alpha value is -1.07. The zero-order valence-corrected chi connectivity index (χ0v) is 12.0. The number of aromatic nitrogens is 2. The number of aliphatic hydroxyl groups excluding tert-OH is 1. The Morgan fingerprint density at radius 3 is 2.63 bits per heavy atom. The Labute approximate surface area is 122 Å². The molecule has 0 bridgehead atoms. The van der Waals surface area contributed by atoms with Crippen LogP contribution in [0.15, 0.2) is 30.6 Å². The van der Waals surface area contributed by atoms with Gasteiger partial charge in [-0.05, 0) is 12.1 Å². The lowest BCUT2D eigenvalue weighted by Crippen LogP contribution is -2.21. The number of hydrogen-bond donors (Lipinski definition) is 2. The van der Waals surface area contributed by atoms with Gasteiger partial charge in [-0.15, -0.1) is 0 Å². The zero-order valence-electron chi connectivity index (χ0n) is 10.5. The van der Waals surface area contributed by atoms with Crippen molar-refractivity contribution in [1.82, 2.24) is 15.1 Å². The standard InChI is InChI=1S/C13H15Cl2N3O/c1-18-8-9(6-17-18)5-16-7-12(19)13-10(14)3-2-4-11(13)15/h2-4,6,8,12,16,19H,5,7H2,1H3. The summed E-state index contributed by atoms with van der Waals surface area (Å²) >= 11 is 12.1. The number of hydrogen-bond acceptors (Lipinski definition) is 3. The SMILES string of the molecule is Cn1cc(CNCC(O)c2c(Cl)cccc2Cl)cn1. The van der Waals surface area contributed by atoms with E-state index in [2.05, 4.69) is 10.4 Å². The summed E-state index contributed by atoms with van der Waals surface area (Å²) in [5.41, 5.74) is 1.62. The van der Waals surface area contributed by atoms with Gasteiger partial charge in [-0.1, -0.05) is 29.3 Å². The van der Waals surface area contributed by atoms with Crippen LogP contribution in [-0.2, 0) is 13.6 Å². The third kappa shape index (κ3) is 3.70. The van der Waals surface area contributed by atoms with E-state index in [0.717, 1.165) is 5.56 Å². The first-order valence-electron chi connectivity index (χ1n) is 5.88. The Morgan fingerprint density at radius 2 is 2.05 bits per heavy atom. The molecule has 1 unspecified atom stereocenters. The van der Waals surface area contributed by atoms with Crippen LogP contribution < -0.4 is 5.32 Å². The van der Waals surface area contributed by atoms with Crippen molar-refractivity contribution in [3.63, 3.8) is 0 Å². The van der Waals surface area contributed by atoms with Gasteiger partial charge in [-0.3, -0.25) is 4.68 Å². The predicted molar refractivity (Wildman–Crippen MR) is 76.3 cm³/mol. The number of nitrogens with zero attached hydrogens (tertiary/aromatic N) is 2. The molecule has 0 spiro atoms. The van der Waals surface area contributed by atoms with E-state index in [1.807, 2.05) is 13.2 Å². The van der Waals surface area contributed by atoms with Crippen molar-refractivity contribution < 1.29 is 5.11 Å². The molecule has 0 amide bonds. The number of benzene rings is 1. The third-order valence-corrected chi connectivity index (χ3v) is 3.42. The summed E-state index contributed by atoms with van der Waals surface area (Å²) in [4.78, 5) is 0. The molecule has 0 fully saturated rings. The smallest absolute Gasteiger partial charge is 0.0943 e. The lowest BCUT2D eigenvalue weighted by Gasteiger charge is -2.14. The first-order valence-corrected chi connectivity index (χ1v) is 6.63. The normalized spacial score (nSPS) is 12.6. The van der Waals surface area contributed by atoms with Crippen molar-refractivity contribution in [2.75, 3.05) is 6.54 Å².